The van der Waals surface area contributed by atoms with Gasteiger partial charge in [-0.3, -0.25) is 4.57 Å². The molecule has 0 N–H and O–H groups in total. The van der Waals surface area contributed by atoms with Crippen molar-refractivity contribution in [3.05, 3.63) is 31.1 Å². The Morgan fingerprint density at radius 1 is 1.00 bits per heavy atom. The lowest BCUT2D eigenvalue weighted by Gasteiger charge is -2.44. The van der Waals surface area contributed by atoms with E-state index in [0.717, 1.165) is 24.1 Å². The zero-order valence-corrected chi connectivity index (χ0v) is 12.2. The summed E-state index contributed by atoms with van der Waals surface area (Å²) in [7, 11) is 0. The Labute approximate surface area is 125 Å². The third-order valence-corrected chi connectivity index (χ3v) is 4.94. The molecular formula is C16H21N5. The van der Waals surface area contributed by atoms with Crippen LogP contribution in [-0.4, -0.2) is 32.1 Å². The molecule has 110 valence electrons. The van der Waals surface area contributed by atoms with Crippen molar-refractivity contribution >= 4 is 5.82 Å². The van der Waals surface area contributed by atoms with E-state index in [0.29, 0.717) is 6.04 Å². The fourth-order valence-corrected chi connectivity index (χ4v) is 3.94. The summed E-state index contributed by atoms with van der Waals surface area (Å²) in [5.41, 5.74) is 0. The van der Waals surface area contributed by atoms with E-state index in [1.54, 1.807) is 18.9 Å². The molecule has 3 heterocycles. The first kappa shape index (κ1) is 12.8. The van der Waals surface area contributed by atoms with Crippen LogP contribution < -0.4 is 4.90 Å². The maximum absolute atomic E-state index is 4.55. The lowest BCUT2D eigenvalue weighted by molar-refractivity contribution is 0.242. The quantitative estimate of drug-likeness (QED) is 0.850. The van der Waals surface area contributed by atoms with E-state index in [1.807, 2.05) is 10.8 Å². The average Bonchev–Trinajstić information content (AvgIpc) is 3.09. The summed E-state index contributed by atoms with van der Waals surface area (Å²) in [4.78, 5) is 15.5. The van der Waals surface area contributed by atoms with Crippen LogP contribution in [0.1, 0.15) is 38.5 Å². The van der Waals surface area contributed by atoms with Crippen molar-refractivity contribution in [3.63, 3.8) is 0 Å². The number of hydrogen-bond acceptors (Lipinski definition) is 4. The van der Waals surface area contributed by atoms with Crippen LogP contribution in [0.15, 0.2) is 31.1 Å². The summed E-state index contributed by atoms with van der Waals surface area (Å²) in [6.07, 6.45) is 15.3. The summed E-state index contributed by atoms with van der Waals surface area (Å²) >= 11 is 0. The number of nitrogens with zero attached hydrogens (tertiary/aromatic N) is 5. The van der Waals surface area contributed by atoms with Crippen LogP contribution in [0.5, 0.6) is 0 Å². The summed E-state index contributed by atoms with van der Waals surface area (Å²) in [5.74, 6) is 2.83. The van der Waals surface area contributed by atoms with Crippen molar-refractivity contribution in [2.45, 2.75) is 44.6 Å². The maximum atomic E-state index is 4.55. The van der Waals surface area contributed by atoms with Crippen molar-refractivity contribution in [1.29, 1.82) is 0 Å². The Hall–Kier alpha value is -1.91. The molecule has 2 fully saturated rings. The molecule has 0 radical (unpaired) electrons. The Kier molecular flexibility index (Phi) is 3.33. The summed E-state index contributed by atoms with van der Waals surface area (Å²) in [6, 6.07) is 2.77. The molecule has 5 nitrogen and oxygen atoms in total. The minimum Gasteiger partial charge on any atom is -0.353 e. The molecule has 2 aromatic rings. The zero-order chi connectivity index (χ0) is 14.1. The summed E-state index contributed by atoms with van der Waals surface area (Å²) < 4.78 is 1.94. The van der Waals surface area contributed by atoms with Gasteiger partial charge in [0.25, 0.3) is 0 Å². The molecule has 1 aliphatic heterocycles. The van der Waals surface area contributed by atoms with Crippen LogP contribution >= 0.6 is 0 Å². The van der Waals surface area contributed by atoms with E-state index < -0.39 is 0 Å². The van der Waals surface area contributed by atoms with Crippen LogP contribution in [0.3, 0.4) is 0 Å². The first-order valence-corrected chi connectivity index (χ1v) is 7.99. The largest absolute Gasteiger partial charge is 0.353 e. The standard InChI is InChI=1S/C16H21N5/c1-2-6-14-13(4-1)5-3-8-21(14)16-10-15(18-11-19-16)20-9-7-17-12-20/h7,9-14H,1-6,8H2/t13-,14-/m1/s1. The predicted octanol–water partition coefficient (Wildman–Crippen LogP) is 2.82. The van der Waals surface area contributed by atoms with Crippen molar-refractivity contribution in [3.8, 4) is 5.82 Å². The molecule has 2 aromatic heterocycles. The lowest BCUT2D eigenvalue weighted by Crippen LogP contribution is -2.47. The van der Waals surface area contributed by atoms with Gasteiger partial charge in [0.2, 0.25) is 0 Å². The molecule has 1 saturated carbocycles. The van der Waals surface area contributed by atoms with Crippen LogP contribution in [0, 0.1) is 5.92 Å². The number of imidazole rings is 1. The second-order valence-corrected chi connectivity index (χ2v) is 6.15. The minimum absolute atomic E-state index is 0.679. The van der Waals surface area contributed by atoms with Gasteiger partial charge in [0, 0.05) is 31.0 Å². The smallest absolute Gasteiger partial charge is 0.143 e. The van der Waals surface area contributed by atoms with Crippen molar-refractivity contribution in [2.24, 2.45) is 5.92 Å². The van der Waals surface area contributed by atoms with Crippen molar-refractivity contribution < 1.29 is 0 Å². The second-order valence-electron chi connectivity index (χ2n) is 6.15. The fourth-order valence-electron chi connectivity index (χ4n) is 3.94. The zero-order valence-electron chi connectivity index (χ0n) is 12.2. The van der Waals surface area contributed by atoms with Crippen molar-refractivity contribution in [2.75, 3.05) is 11.4 Å². The topological polar surface area (TPSA) is 46.8 Å². The van der Waals surface area contributed by atoms with Gasteiger partial charge in [-0.15, -0.1) is 0 Å². The fraction of sp³-hybridized carbons (Fsp3) is 0.562. The van der Waals surface area contributed by atoms with Crippen LogP contribution in [-0.2, 0) is 0 Å². The van der Waals surface area contributed by atoms with E-state index in [4.69, 9.17) is 0 Å². The monoisotopic (exact) mass is 283 g/mol. The van der Waals surface area contributed by atoms with Gasteiger partial charge in [0.1, 0.15) is 24.3 Å². The SMILES string of the molecule is c1cn(-c2cc(N3CCC[C@H]4CCCC[C@H]43)ncn2)cn1. The summed E-state index contributed by atoms with van der Waals surface area (Å²) in [6.45, 7) is 1.13. The molecule has 1 aliphatic carbocycles. The average molecular weight is 283 g/mol. The van der Waals surface area contributed by atoms with E-state index >= 15 is 0 Å². The molecule has 4 rings (SSSR count). The van der Waals surface area contributed by atoms with Gasteiger partial charge < -0.3 is 4.90 Å². The molecule has 0 unspecified atom stereocenters. The van der Waals surface area contributed by atoms with Gasteiger partial charge in [0.15, 0.2) is 0 Å². The molecule has 1 saturated heterocycles. The van der Waals surface area contributed by atoms with E-state index in [-0.39, 0.29) is 0 Å². The van der Waals surface area contributed by atoms with E-state index in [2.05, 4.69) is 25.9 Å². The molecule has 0 bridgehead atoms. The molecule has 5 heteroatoms. The Balaban J connectivity index is 1.64. The third kappa shape index (κ3) is 2.41. The highest BCUT2D eigenvalue weighted by Crippen LogP contribution is 2.37. The lowest BCUT2D eigenvalue weighted by atomic mass is 9.78. The highest BCUT2D eigenvalue weighted by atomic mass is 15.2. The van der Waals surface area contributed by atoms with Gasteiger partial charge >= 0.3 is 0 Å². The number of rotatable bonds is 2. The van der Waals surface area contributed by atoms with Gasteiger partial charge in [-0.05, 0) is 31.6 Å². The highest BCUT2D eigenvalue weighted by Gasteiger charge is 2.33. The second kappa shape index (κ2) is 5.47. The number of aromatic nitrogens is 4. The van der Waals surface area contributed by atoms with Gasteiger partial charge in [-0.25, -0.2) is 15.0 Å². The third-order valence-electron chi connectivity index (χ3n) is 4.94. The Morgan fingerprint density at radius 2 is 1.86 bits per heavy atom. The van der Waals surface area contributed by atoms with Crippen LogP contribution in [0.4, 0.5) is 5.82 Å². The van der Waals surface area contributed by atoms with Crippen LogP contribution in [0.2, 0.25) is 0 Å². The molecule has 2 aliphatic rings. The number of fused-ring (bicyclic) bond motifs is 1. The maximum Gasteiger partial charge on any atom is 0.143 e. The van der Waals surface area contributed by atoms with Crippen molar-refractivity contribution in [1.82, 2.24) is 19.5 Å². The minimum atomic E-state index is 0.679. The van der Waals surface area contributed by atoms with Gasteiger partial charge in [0.05, 0.1) is 0 Å². The first-order valence-electron chi connectivity index (χ1n) is 7.99. The van der Waals surface area contributed by atoms with Crippen LogP contribution in [0.25, 0.3) is 5.82 Å². The predicted molar refractivity (Wildman–Crippen MR) is 81.5 cm³/mol. The number of hydrogen-bond donors (Lipinski definition) is 0. The molecule has 21 heavy (non-hydrogen) atoms. The Morgan fingerprint density at radius 3 is 2.76 bits per heavy atom. The van der Waals surface area contributed by atoms with E-state index in [1.165, 1.54) is 38.5 Å². The molecule has 0 spiro atoms. The normalized spacial score (nSPS) is 25.6. The first-order chi connectivity index (χ1) is 10.4. The number of anilines is 1. The van der Waals surface area contributed by atoms with Gasteiger partial charge in [-0.1, -0.05) is 12.8 Å². The molecular weight excluding hydrogens is 262 g/mol. The number of piperidine rings is 1. The highest BCUT2D eigenvalue weighted by molar-refractivity contribution is 5.45. The van der Waals surface area contributed by atoms with E-state index in [9.17, 15) is 0 Å². The Bertz CT molecular complexity index is 592. The van der Waals surface area contributed by atoms with Gasteiger partial charge in [-0.2, -0.15) is 0 Å². The molecule has 2 atom stereocenters. The molecule has 0 amide bonds. The summed E-state index contributed by atoms with van der Waals surface area (Å²) in [5, 5.41) is 0. The molecule has 0 aromatic carbocycles.